The SMILES string of the molecule is O=C1OC[C@H](c2ccccc2)N1C#Cc1ccc(Cl)cc1. The Bertz CT molecular complexity index is 701. The van der Waals surface area contributed by atoms with Crippen molar-refractivity contribution < 1.29 is 9.53 Å². The second kappa shape index (κ2) is 5.90. The number of nitrogens with zero attached hydrogens (tertiary/aromatic N) is 1. The molecular weight excluding hydrogens is 286 g/mol. The van der Waals surface area contributed by atoms with Gasteiger partial charge in [0, 0.05) is 16.6 Å². The van der Waals surface area contributed by atoms with Crippen LogP contribution >= 0.6 is 11.6 Å². The Hall–Kier alpha value is -2.44. The smallest absolute Gasteiger partial charge is 0.422 e. The number of ether oxygens (including phenoxy) is 1. The molecule has 0 radical (unpaired) electrons. The van der Waals surface area contributed by atoms with E-state index in [1.807, 2.05) is 42.5 Å². The van der Waals surface area contributed by atoms with Crippen LogP contribution in [0.1, 0.15) is 17.2 Å². The van der Waals surface area contributed by atoms with Crippen LogP contribution in [0, 0.1) is 12.0 Å². The van der Waals surface area contributed by atoms with Gasteiger partial charge in [0.1, 0.15) is 12.6 Å². The number of rotatable bonds is 1. The van der Waals surface area contributed by atoms with Gasteiger partial charge in [-0.05, 0) is 35.7 Å². The predicted molar refractivity (Wildman–Crippen MR) is 80.7 cm³/mol. The second-order valence-corrected chi connectivity index (χ2v) is 5.05. The minimum absolute atomic E-state index is 0.168. The Morgan fingerprint density at radius 1 is 1.10 bits per heavy atom. The van der Waals surface area contributed by atoms with E-state index in [9.17, 15) is 4.79 Å². The van der Waals surface area contributed by atoms with E-state index in [4.69, 9.17) is 16.3 Å². The molecule has 0 N–H and O–H groups in total. The summed E-state index contributed by atoms with van der Waals surface area (Å²) in [6, 6.07) is 19.6. The van der Waals surface area contributed by atoms with E-state index < -0.39 is 6.09 Å². The summed E-state index contributed by atoms with van der Waals surface area (Å²) in [5.41, 5.74) is 1.81. The van der Waals surface area contributed by atoms with Crippen LogP contribution in [0.2, 0.25) is 5.02 Å². The first-order valence-corrected chi connectivity index (χ1v) is 6.90. The first-order valence-electron chi connectivity index (χ1n) is 6.52. The molecule has 21 heavy (non-hydrogen) atoms. The van der Waals surface area contributed by atoms with Gasteiger partial charge in [-0.2, -0.15) is 0 Å². The van der Waals surface area contributed by atoms with E-state index in [0.29, 0.717) is 11.6 Å². The molecule has 104 valence electrons. The van der Waals surface area contributed by atoms with E-state index in [1.165, 1.54) is 4.90 Å². The molecule has 1 amide bonds. The van der Waals surface area contributed by atoms with Gasteiger partial charge in [0.15, 0.2) is 0 Å². The van der Waals surface area contributed by atoms with Crippen molar-refractivity contribution >= 4 is 17.7 Å². The van der Waals surface area contributed by atoms with Crippen molar-refractivity contribution in [1.82, 2.24) is 4.90 Å². The molecule has 1 saturated heterocycles. The molecule has 1 fully saturated rings. The van der Waals surface area contributed by atoms with Crippen molar-refractivity contribution in [2.45, 2.75) is 6.04 Å². The first-order chi connectivity index (χ1) is 10.2. The maximum absolute atomic E-state index is 11.8. The third kappa shape index (κ3) is 3.01. The van der Waals surface area contributed by atoms with Gasteiger partial charge < -0.3 is 4.74 Å². The normalized spacial score (nSPS) is 17.1. The van der Waals surface area contributed by atoms with Crippen LogP contribution in [0.4, 0.5) is 4.79 Å². The van der Waals surface area contributed by atoms with Crippen molar-refractivity contribution in [1.29, 1.82) is 0 Å². The number of carbonyl (C=O) groups is 1. The summed E-state index contributed by atoms with van der Waals surface area (Å²) in [5.74, 6) is 2.96. The van der Waals surface area contributed by atoms with E-state index in [0.717, 1.165) is 11.1 Å². The maximum atomic E-state index is 11.8. The van der Waals surface area contributed by atoms with Crippen LogP contribution in [-0.4, -0.2) is 17.6 Å². The summed E-state index contributed by atoms with van der Waals surface area (Å²) in [6.07, 6.45) is -0.412. The highest BCUT2D eigenvalue weighted by Gasteiger charge is 2.33. The molecule has 3 rings (SSSR count). The number of hydrogen-bond acceptors (Lipinski definition) is 2. The monoisotopic (exact) mass is 297 g/mol. The number of cyclic esters (lactones) is 1. The number of carbonyl (C=O) groups excluding carboxylic acids is 1. The predicted octanol–water partition coefficient (Wildman–Crippen LogP) is 3.84. The fourth-order valence-electron chi connectivity index (χ4n) is 2.12. The molecular formula is C17H12ClNO2. The van der Waals surface area contributed by atoms with Crippen LogP contribution in [0.15, 0.2) is 54.6 Å². The Balaban J connectivity index is 1.86. The van der Waals surface area contributed by atoms with Gasteiger partial charge in [0.05, 0.1) is 0 Å². The topological polar surface area (TPSA) is 29.5 Å². The molecule has 0 spiro atoms. The van der Waals surface area contributed by atoms with Gasteiger partial charge in [0.2, 0.25) is 0 Å². The maximum Gasteiger partial charge on any atom is 0.422 e. The number of benzene rings is 2. The molecule has 0 bridgehead atoms. The number of amides is 1. The van der Waals surface area contributed by atoms with Crippen molar-refractivity contribution in [2.75, 3.05) is 6.61 Å². The average Bonchev–Trinajstić information content (AvgIpc) is 2.89. The first kappa shape index (κ1) is 13.5. The summed E-state index contributed by atoms with van der Waals surface area (Å²) >= 11 is 5.83. The molecule has 0 unspecified atom stereocenters. The third-order valence-electron chi connectivity index (χ3n) is 3.22. The van der Waals surface area contributed by atoms with E-state index in [-0.39, 0.29) is 6.04 Å². The van der Waals surface area contributed by atoms with Crippen LogP contribution in [0.3, 0.4) is 0 Å². The quantitative estimate of drug-likeness (QED) is 0.748. The molecule has 0 aromatic heterocycles. The second-order valence-electron chi connectivity index (χ2n) is 4.62. The molecule has 1 aliphatic heterocycles. The molecule has 1 heterocycles. The minimum atomic E-state index is -0.412. The van der Waals surface area contributed by atoms with Gasteiger partial charge in [-0.15, -0.1) is 0 Å². The fraction of sp³-hybridized carbons (Fsp3) is 0.118. The molecule has 0 aliphatic carbocycles. The lowest BCUT2D eigenvalue weighted by atomic mass is 10.1. The number of hydrogen-bond donors (Lipinski definition) is 0. The zero-order valence-corrected chi connectivity index (χ0v) is 11.9. The van der Waals surface area contributed by atoms with Gasteiger partial charge in [-0.25, -0.2) is 9.69 Å². The van der Waals surface area contributed by atoms with Gasteiger partial charge in [0.25, 0.3) is 0 Å². The van der Waals surface area contributed by atoms with E-state index >= 15 is 0 Å². The lowest BCUT2D eigenvalue weighted by Gasteiger charge is -2.14. The Kier molecular flexibility index (Phi) is 3.81. The molecule has 4 heteroatoms. The highest BCUT2D eigenvalue weighted by Crippen LogP contribution is 2.26. The summed E-state index contributed by atoms with van der Waals surface area (Å²) in [6.45, 7) is 0.318. The van der Waals surface area contributed by atoms with Gasteiger partial charge in [-0.1, -0.05) is 41.9 Å². The van der Waals surface area contributed by atoms with Crippen molar-refractivity contribution in [3.05, 3.63) is 70.7 Å². The fourth-order valence-corrected chi connectivity index (χ4v) is 2.25. The Morgan fingerprint density at radius 2 is 1.81 bits per heavy atom. The molecule has 3 nitrogen and oxygen atoms in total. The van der Waals surface area contributed by atoms with Crippen LogP contribution in [0.25, 0.3) is 0 Å². The third-order valence-corrected chi connectivity index (χ3v) is 3.47. The van der Waals surface area contributed by atoms with Crippen molar-refractivity contribution in [3.8, 4) is 12.0 Å². The van der Waals surface area contributed by atoms with Gasteiger partial charge in [-0.3, -0.25) is 0 Å². The zero-order valence-electron chi connectivity index (χ0n) is 11.1. The van der Waals surface area contributed by atoms with Crippen LogP contribution < -0.4 is 0 Å². The number of halogens is 1. The largest absolute Gasteiger partial charge is 0.446 e. The highest BCUT2D eigenvalue weighted by atomic mass is 35.5. The van der Waals surface area contributed by atoms with Gasteiger partial charge >= 0.3 is 6.09 Å². The van der Waals surface area contributed by atoms with Crippen molar-refractivity contribution in [2.24, 2.45) is 0 Å². The standard InChI is InChI=1S/C17H12ClNO2/c18-15-8-6-13(7-9-15)10-11-19-16(12-21-17(19)20)14-4-2-1-3-5-14/h1-9,16H,12H2/t16-/m1/s1. The average molecular weight is 298 g/mol. The zero-order chi connectivity index (χ0) is 14.7. The lowest BCUT2D eigenvalue weighted by Crippen LogP contribution is -2.22. The molecule has 1 aliphatic rings. The summed E-state index contributed by atoms with van der Waals surface area (Å²) in [4.78, 5) is 13.2. The Morgan fingerprint density at radius 3 is 2.52 bits per heavy atom. The Labute approximate surface area is 128 Å². The molecule has 0 saturated carbocycles. The molecule has 1 atom stereocenters. The minimum Gasteiger partial charge on any atom is -0.446 e. The van der Waals surface area contributed by atoms with Crippen LogP contribution in [-0.2, 0) is 4.74 Å². The molecule has 2 aromatic carbocycles. The summed E-state index contributed by atoms with van der Waals surface area (Å²) in [7, 11) is 0. The highest BCUT2D eigenvalue weighted by molar-refractivity contribution is 6.30. The van der Waals surface area contributed by atoms with E-state index in [2.05, 4.69) is 12.0 Å². The van der Waals surface area contributed by atoms with E-state index in [1.54, 1.807) is 12.1 Å². The molecule has 2 aromatic rings. The summed E-state index contributed by atoms with van der Waals surface area (Å²) in [5, 5.41) is 0.656. The van der Waals surface area contributed by atoms with Crippen LogP contribution in [0.5, 0.6) is 0 Å². The van der Waals surface area contributed by atoms with Crippen molar-refractivity contribution in [3.63, 3.8) is 0 Å². The summed E-state index contributed by atoms with van der Waals surface area (Å²) < 4.78 is 5.10. The lowest BCUT2D eigenvalue weighted by molar-refractivity contribution is 0.167.